The number of amides is 1. The fraction of sp³-hybridized carbons (Fsp3) is 0.571. The molecule has 8 nitrogen and oxygen atoms in total. The minimum atomic E-state index is -0.899. The molecule has 1 saturated carbocycles. The average Bonchev–Trinajstić information content (AvgIpc) is 3.03. The summed E-state index contributed by atoms with van der Waals surface area (Å²) in [6.07, 6.45) is 0.900. The minimum Gasteiger partial charge on any atom is -0.493 e. The number of benzene rings is 1. The maximum absolute atomic E-state index is 12.7. The summed E-state index contributed by atoms with van der Waals surface area (Å²) < 4.78 is 15.7. The van der Waals surface area contributed by atoms with Crippen molar-refractivity contribution in [2.45, 2.75) is 38.1 Å². The normalized spacial score (nSPS) is 28.7. The van der Waals surface area contributed by atoms with Gasteiger partial charge < -0.3 is 24.6 Å². The summed E-state index contributed by atoms with van der Waals surface area (Å²) in [5.74, 6) is -1.98. The SMILES string of the molecule is COC(=O)[C@@H]1Cc2cc(OC)c(OC)cc2[C@H]2C[C@H](C)[C@@H](C(=O)O)[C@@H]2CC(=O)N1. The number of aliphatic carboxylic acids is 1. The van der Waals surface area contributed by atoms with Crippen molar-refractivity contribution in [2.24, 2.45) is 17.8 Å². The lowest BCUT2D eigenvalue weighted by molar-refractivity contribution is -0.146. The highest BCUT2D eigenvalue weighted by molar-refractivity contribution is 5.86. The van der Waals surface area contributed by atoms with Gasteiger partial charge >= 0.3 is 11.9 Å². The second-order valence-electron chi connectivity index (χ2n) is 7.80. The van der Waals surface area contributed by atoms with Crippen molar-refractivity contribution in [3.63, 3.8) is 0 Å². The Morgan fingerprint density at radius 2 is 1.76 bits per heavy atom. The van der Waals surface area contributed by atoms with Gasteiger partial charge in [0.25, 0.3) is 0 Å². The fourth-order valence-corrected chi connectivity index (χ4v) is 4.93. The molecule has 0 aromatic heterocycles. The van der Waals surface area contributed by atoms with E-state index in [-0.39, 0.29) is 36.5 Å². The van der Waals surface area contributed by atoms with Crippen molar-refractivity contribution < 1.29 is 33.7 Å². The highest BCUT2D eigenvalue weighted by Crippen LogP contribution is 2.51. The Kier molecular flexibility index (Phi) is 6.00. The smallest absolute Gasteiger partial charge is 0.328 e. The maximum atomic E-state index is 12.7. The highest BCUT2D eigenvalue weighted by Gasteiger charge is 2.48. The van der Waals surface area contributed by atoms with Crippen LogP contribution >= 0.6 is 0 Å². The molecule has 2 N–H and O–H groups in total. The average molecular weight is 405 g/mol. The van der Waals surface area contributed by atoms with E-state index in [1.165, 1.54) is 21.3 Å². The second kappa shape index (κ2) is 8.31. The lowest BCUT2D eigenvalue weighted by Gasteiger charge is -2.24. The Morgan fingerprint density at radius 1 is 1.10 bits per heavy atom. The van der Waals surface area contributed by atoms with Crippen molar-refractivity contribution in [1.29, 1.82) is 0 Å². The quantitative estimate of drug-likeness (QED) is 0.734. The number of fused-ring (bicyclic) bond motifs is 3. The molecule has 0 radical (unpaired) electrons. The Balaban J connectivity index is 2.17. The lowest BCUT2D eigenvalue weighted by atomic mass is 9.80. The minimum absolute atomic E-state index is 0.0350. The Labute approximate surface area is 169 Å². The molecule has 8 heteroatoms. The van der Waals surface area contributed by atoms with Crippen LogP contribution in [0.1, 0.15) is 36.8 Å². The molecule has 1 heterocycles. The van der Waals surface area contributed by atoms with E-state index in [1.807, 2.05) is 13.0 Å². The van der Waals surface area contributed by atoms with Gasteiger partial charge in [-0.05, 0) is 47.4 Å². The first-order valence-corrected chi connectivity index (χ1v) is 9.65. The van der Waals surface area contributed by atoms with Crippen LogP contribution in [0, 0.1) is 17.8 Å². The molecular formula is C21H27NO7. The number of esters is 1. The number of carboxylic acid groups (broad SMARTS) is 1. The zero-order chi connectivity index (χ0) is 21.3. The lowest BCUT2D eigenvalue weighted by Crippen LogP contribution is -2.43. The first-order chi connectivity index (χ1) is 13.8. The third-order valence-corrected chi connectivity index (χ3v) is 6.21. The first-order valence-electron chi connectivity index (χ1n) is 9.65. The molecular weight excluding hydrogens is 378 g/mol. The molecule has 3 rings (SSSR count). The molecule has 1 fully saturated rings. The van der Waals surface area contributed by atoms with E-state index in [1.54, 1.807) is 6.07 Å². The number of rotatable bonds is 4. The summed E-state index contributed by atoms with van der Waals surface area (Å²) in [5.41, 5.74) is 1.71. The summed E-state index contributed by atoms with van der Waals surface area (Å²) in [6, 6.07) is 2.80. The highest BCUT2D eigenvalue weighted by atomic mass is 16.5. The van der Waals surface area contributed by atoms with Crippen molar-refractivity contribution in [3.8, 4) is 11.5 Å². The molecule has 1 aliphatic carbocycles. The molecule has 158 valence electrons. The fourth-order valence-electron chi connectivity index (χ4n) is 4.93. The van der Waals surface area contributed by atoms with Gasteiger partial charge in [0.05, 0.1) is 27.2 Å². The van der Waals surface area contributed by atoms with Crippen LogP contribution in [-0.2, 0) is 25.5 Å². The number of methoxy groups -OCH3 is 3. The van der Waals surface area contributed by atoms with Gasteiger partial charge in [-0.3, -0.25) is 9.59 Å². The zero-order valence-electron chi connectivity index (χ0n) is 17.1. The van der Waals surface area contributed by atoms with Crippen molar-refractivity contribution in [2.75, 3.05) is 21.3 Å². The van der Waals surface area contributed by atoms with Gasteiger partial charge in [0.15, 0.2) is 11.5 Å². The van der Waals surface area contributed by atoms with E-state index >= 15 is 0 Å². The number of hydrogen-bond donors (Lipinski definition) is 2. The van der Waals surface area contributed by atoms with Gasteiger partial charge in [0.2, 0.25) is 5.91 Å². The van der Waals surface area contributed by atoms with Crippen molar-refractivity contribution in [3.05, 3.63) is 23.3 Å². The molecule has 1 aliphatic heterocycles. The van der Waals surface area contributed by atoms with E-state index in [2.05, 4.69) is 5.32 Å². The Hall–Kier alpha value is -2.77. The molecule has 2 aliphatic rings. The van der Waals surface area contributed by atoms with Crippen LogP contribution < -0.4 is 14.8 Å². The van der Waals surface area contributed by atoms with Gasteiger partial charge in [-0.2, -0.15) is 0 Å². The molecule has 29 heavy (non-hydrogen) atoms. The van der Waals surface area contributed by atoms with Gasteiger partial charge in [-0.15, -0.1) is 0 Å². The molecule has 1 amide bonds. The van der Waals surface area contributed by atoms with Crippen LogP contribution in [-0.4, -0.2) is 50.3 Å². The number of hydrogen-bond acceptors (Lipinski definition) is 6. The largest absolute Gasteiger partial charge is 0.493 e. The molecule has 0 spiro atoms. The van der Waals surface area contributed by atoms with E-state index in [9.17, 15) is 19.5 Å². The zero-order valence-corrected chi connectivity index (χ0v) is 17.1. The Bertz CT molecular complexity index is 821. The third-order valence-electron chi connectivity index (χ3n) is 6.21. The molecule has 1 aromatic carbocycles. The van der Waals surface area contributed by atoms with Crippen LogP contribution in [0.4, 0.5) is 0 Å². The van der Waals surface area contributed by atoms with Gasteiger partial charge in [0.1, 0.15) is 6.04 Å². The second-order valence-corrected chi connectivity index (χ2v) is 7.80. The summed E-state index contributed by atoms with van der Waals surface area (Å²) >= 11 is 0. The first kappa shape index (κ1) is 21.0. The molecule has 0 saturated heterocycles. The van der Waals surface area contributed by atoms with Crippen LogP contribution in [0.5, 0.6) is 11.5 Å². The Morgan fingerprint density at radius 3 is 2.34 bits per heavy atom. The predicted molar refractivity (Wildman–Crippen MR) is 103 cm³/mol. The standard InChI is InChI=1S/C21H27NO7/c1-10-5-13-12-8-17(28-3)16(27-2)7-11(12)6-15(21(26)29-4)22-18(23)9-14(13)19(10)20(24)25/h7-8,10,13-15,19H,5-6,9H2,1-4H3,(H,22,23)(H,24,25)/t10-,13+,14+,15-,19+/m0/s1. The van der Waals surface area contributed by atoms with Crippen LogP contribution in [0.25, 0.3) is 0 Å². The van der Waals surface area contributed by atoms with E-state index in [0.29, 0.717) is 17.9 Å². The van der Waals surface area contributed by atoms with E-state index in [0.717, 1.165) is 11.1 Å². The maximum Gasteiger partial charge on any atom is 0.328 e. The van der Waals surface area contributed by atoms with Crippen LogP contribution in [0.3, 0.4) is 0 Å². The topological polar surface area (TPSA) is 111 Å². The van der Waals surface area contributed by atoms with Gasteiger partial charge in [0, 0.05) is 12.8 Å². The number of carbonyl (C=O) groups is 3. The van der Waals surface area contributed by atoms with Gasteiger partial charge in [-0.25, -0.2) is 4.79 Å². The van der Waals surface area contributed by atoms with E-state index < -0.39 is 23.9 Å². The molecule has 1 aromatic rings. The summed E-state index contributed by atoms with van der Waals surface area (Å²) in [4.78, 5) is 36.9. The number of nitrogens with one attached hydrogen (secondary N) is 1. The molecule has 0 bridgehead atoms. The summed E-state index contributed by atoms with van der Waals surface area (Å²) in [5, 5.41) is 12.5. The third kappa shape index (κ3) is 3.88. The monoisotopic (exact) mass is 405 g/mol. The number of ether oxygens (including phenoxy) is 3. The summed E-state index contributed by atoms with van der Waals surface area (Å²) in [7, 11) is 4.34. The van der Waals surface area contributed by atoms with Crippen molar-refractivity contribution >= 4 is 17.8 Å². The number of carboxylic acids is 1. The molecule has 5 atom stereocenters. The summed E-state index contributed by atoms with van der Waals surface area (Å²) in [6.45, 7) is 1.91. The van der Waals surface area contributed by atoms with Crippen LogP contribution in [0.15, 0.2) is 12.1 Å². The molecule has 0 unspecified atom stereocenters. The van der Waals surface area contributed by atoms with Crippen LogP contribution in [0.2, 0.25) is 0 Å². The van der Waals surface area contributed by atoms with Crippen molar-refractivity contribution in [1.82, 2.24) is 5.32 Å². The predicted octanol–water partition coefficient (Wildman–Crippen LogP) is 1.75. The van der Waals surface area contributed by atoms with Gasteiger partial charge in [-0.1, -0.05) is 6.92 Å². The number of carbonyl (C=O) groups excluding carboxylic acids is 2. The van der Waals surface area contributed by atoms with E-state index in [4.69, 9.17) is 14.2 Å².